The van der Waals surface area contributed by atoms with E-state index in [1.165, 1.54) is 16.0 Å². The van der Waals surface area contributed by atoms with Crippen LogP contribution in [-0.4, -0.2) is 68.3 Å². The molecule has 1 heterocycles. The summed E-state index contributed by atoms with van der Waals surface area (Å²) in [5, 5.41) is 6.35. The molecule has 0 spiro atoms. The molecule has 2 aromatic carbocycles. The van der Waals surface area contributed by atoms with Gasteiger partial charge in [0.25, 0.3) is 0 Å². The fraction of sp³-hybridized carbons (Fsp3) is 0.500. The summed E-state index contributed by atoms with van der Waals surface area (Å²) in [5.74, 6) is 1.53. The van der Waals surface area contributed by atoms with E-state index in [2.05, 4.69) is 79.9 Å². The third-order valence-corrected chi connectivity index (χ3v) is 8.76. The molecule has 0 fully saturated rings. The van der Waals surface area contributed by atoms with E-state index in [0.717, 1.165) is 61.3 Å². The highest BCUT2D eigenvalue weighted by molar-refractivity contribution is 8.08. The fourth-order valence-electron chi connectivity index (χ4n) is 5.44. The molecule has 2 aromatic rings. The molecule has 0 saturated carbocycles. The highest BCUT2D eigenvalue weighted by Gasteiger charge is 2.24. The molecule has 39 heavy (non-hydrogen) atoms. The first kappa shape index (κ1) is 29.2. The molecule has 210 valence electrons. The van der Waals surface area contributed by atoms with Gasteiger partial charge >= 0.3 is 0 Å². The van der Waals surface area contributed by atoms with E-state index in [0.29, 0.717) is 18.5 Å². The average Bonchev–Trinajstić information content (AvgIpc) is 3.46. The fourth-order valence-corrected chi connectivity index (χ4v) is 6.43. The van der Waals surface area contributed by atoms with E-state index in [1.54, 1.807) is 0 Å². The average molecular weight is 549 g/mol. The predicted octanol–water partition coefficient (Wildman–Crippen LogP) is 4.66. The maximum absolute atomic E-state index is 13.5. The van der Waals surface area contributed by atoms with Gasteiger partial charge in [-0.05, 0) is 66.8 Å². The van der Waals surface area contributed by atoms with Gasteiger partial charge in [0.2, 0.25) is 11.8 Å². The summed E-state index contributed by atoms with van der Waals surface area (Å²) < 4.78 is 0. The van der Waals surface area contributed by atoms with Crippen molar-refractivity contribution < 1.29 is 9.59 Å². The van der Waals surface area contributed by atoms with Crippen LogP contribution in [0.1, 0.15) is 48.9 Å². The Labute approximate surface area is 238 Å². The molecule has 2 aliphatic rings. The Bertz CT molecular complexity index is 1180. The minimum Gasteiger partial charge on any atom is -0.353 e. The van der Waals surface area contributed by atoms with Crippen LogP contribution >= 0.6 is 11.8 Å². The number of nitrogens with one attached hydrogen (secondary N) is 2. The van der Waals surface area contributed by atoms with Gasteiger partial charge in [0.05, 0.1) is 13.1 Å². The molecule has 6 nitrogen and oxygen atoms in total. The van der Waals surface area contributed by atoms with Crippen LogP contribution in [0.2, 0.25) is 0 Å². The Morgan fingerprint density at radius 3 is 2.62 bits per heavy atom. The standard InChI is InChI=1S/C32H44N4O2S/c1-23(2)33-15-16-34-31(37)21-36(29-19-28(13-11-24(29)3)30-10-7-17-39-30)22-32(38)35(4)20-25-12-14-26-8-5-6-9-27(26)18-25/h5-6,8-11,13,19,23,25,33H,7,12,14-18,20-22H2,1-4H3,(H,34,37). The smallest absolute Gasteiger partial charge is 0.241 e. The van der Waals surface area contributed by atoms with Crippen LogP contribution in [0.5, 0.6) is 0 Å². The lowest BCUT2D eigenvalue weighted by molar-refractivity contribution is -0.129. The van der Waals surface area contributed by atoms with Crippen LogP contribution in [0.3, 0.4) is 0 Å². The summed E-state index contributed by atoms with van der Waals surface area (Å²) in [7, 11) is 1.90. The summed E-state index contributed by atoms with van der Waals surface area (Å²) in [6.45, 7) is 8.57. The van der Waals surface area contributed by atoms with E-state index in [-0.39, 0.29) is 24.9 Å². The van der Waals surface area contributed by atoms with E-state index < -0.39 is 0 Å². The number of aryl methyl sites for hydroxylation is 2. The zero-order chi connectivity index (χ0) is 27.8. The number of rotatable bonds is 12. The second-order valence-electron chi connectivity index (χ2n) is 11.2. The molecule has 0 saturated heterocycles. The van der Waals surface area contributed by atoms with Crippen molar-refractivity contribution in [3.05, 3.63) is 70.8 Å². The molecule has 1 aliphatic carbocycles. The van der Waals surface area contributed by atoms with Gasteiger partial charge in [-0.15, -0.1) is 11.8 Å². The van der Waals surface area contributed by atoms with Crippen molar-refractivity contribution in [3.8, 4) is 0 Å². The van der Waals surface area contributed by atoms with Crippen molar-refractivity contribution in [2.75, 3.05) is 50.4 Å². The Morgan fingerprint density at radius 2 is 1.87 bits per heavy atom. The zero-order valence-corrected chi connectivity index (χ0v) is 24.8. The van der Waals surface area contributed by atoms with Gasteiger partial charge in [0, 0.05) is 49.1 Å². The summed E-state index contributed by atoms with van der Waals surface area (Å²) in [6, 6.07) is 15.4. The van der Waals surface area contributed by atoms with Crippen molar-refractivity contribution in [2.24, 2.45) is 5.92 Å². The Morgan fingerprint density at radius 1 is 1.08 bits per heavy atom. The Hall–Kier alpha value is -2.77. The molecule has 2 N–H and O–H groups in total. The lowest BCUT2D eigenvalue weighted by Crippen LogP contribution is -2.46. The second-order valence-corrected chi connectivity index (χ2v) is 12.3. The number of carbonyl (C=O) groups excluding carboxylic acids is 2. The summed E-state index contributed by atoms with van der Waals surface area (Å²) in [6.07, 6.45) is 6.53. The number of likely N-dealkylation sites (N-methyl/N-ethyl adjacent to an activating group) is 1. The maximum atomic E-state index is 13.5. The van der Waals surface area contributed by atoms with E-state index in [1.807, 2.05) is 28.6 Å². The van der Waals surface area contributed by atoms with Crippen LogP contribution in [0, 0.1) is 12.8 Å². The minimum atomic E-state index is -0.0702. The first-order valence-electron chi connectivity index (χ1n) is 14.3. The summed E-state index contributed by atoms with van der Waals surface area (Å²) in [5.41, 5.74) is 6.02. The molecule has 1 atom stereocenters. The highest BCUT2D eigenvalue weighted by Crippen LogP contribution is 2.36. The lowest BCUT2D eigenvalue weighted by Gasteiger charge is -2.31. The third-order valence-electron chi connectivity index (χ3n) is 7.61. The number of thioether (sulfide) groups is 1. The van der Waals surface area contributed by atoms with Gasteiger partial charge < -0.3 is 20.4 Å². The van der Waals surface area contributed by atoms with Crippen molar-refractivity contribution >= 4 is 34.2 Å². The summed E-state index contributed by atoms with van der Waals surface area (Å²) in [4.78, 5) is 31.6. The molecular formula is C32H44N4O2S. The van der Waals surface area contributed by atoms with E-state index in [9.17, 15) is 9.59 Å². The monoisotopic (exact) mass is 548 g/mol. The molecule has 7 heteroatoms. The van der Waals surface area contributed by atoms with Gasteiger partial charge in [-0.1, -0.05) is 56.3 Å². The van der Waals surface area contributed by atoms with Crippen molar-refractivity contribution in [1.29, 1.82) is 0 Å². The zero-order valence-electron chi connectivity index (χ0n) is 24.0. The van der Waals surface area contributed by atoms with Gasteiger partial charge in [0.1, 0.15) is 0 Å². The lowest BCUT2D eigenvalue weighted by atomic mass is 9.84. The number of benzene rings is 2. The number of nitrogens with zero attached hydrogens (tertiary/aromatic N) is 2. The highest BCUT2D eigenvalue weighted by atomic mass is 32.2. The number of amides is 2. The first-order valence-corrected chi connectivity index (χ1v) is 15.3. The largest absolute Gasteiger partial charge is 0.353 e. The first-order chi connectivity index (χ1) is 18.8. The van der Waals surface area contributed by atoms with Gasteiger partial charge in [0.15, 0.2) is 0 Å². The predicted molar refractivity (Wildman–Crippen MR) is 164 cm³/mol. The van der Waals surface area contributed by atoms with Crippen LogP contribution in [0.15, 0.2) is 48.5 Å². The van der Waals surface area contributed by atoms with Crippen molar-refractivity contribution in [3.63, 3.8) is 0 Å². The van der Waals surface area contributed by atoms with Crippen molar-refractivity contribution in [1.82, 2.24) is 15.5 Å². The van der Waals surface area contributed by atoms with E-state index >= 15 is 0 Å². The van der Waals surface area contributed by atoms with Crippen LogP contribution < -0.4 is 15.5 Å². The van der Waals surface area contributed by atoms with Gasteiger partial charge in [-0.2, -0.15) is 0 Å². The molecule has 1 aliphatic heterocycles. The molecule has 1 unspecified atom stereocenters. The van der Waals surface area contributed by atoms with Crippen LogP contribution in [0.4, 0.5) is 5.69 Å². The normalized spacial score (nSPS) is 16.5. The van der Waals surface area contributed by atoms with Crippen molar-refractivity contribution in [2.45, 2.75) is 52.5 Å². The van der Waals surface area contributed by atoms with E-state index in [4.69, 9.17) is 0 Å². The minimum absolute atomic E-state index is 0.0439. The molecule has 0 bridgehead atoms. The SMILES string of the molecule is Cc1ccc(C2=CCCS2)cc1N(CC(=O)NCCNC(C)C)CC(=O)N(C)CC1CCc2ccccc2C1. The molecule has 0 aromatic heterocycles. The maximum Gasteiger partial charge on any atom is 0.241 e. The number of allylic oxidation sites excluding steroid dienone is 1. The Balaban J connectivity index is 1.45. The third kappa shape index (κ3) is 8.36. The number of hydrogen-bond donors (Lipinski definition) is 2. The quantitative estimate of drug-likeness (QED) is 0.378. The number of hydrogen-bond acceptors (Lipinski definition) is 5. The second kappa shape index (κ2) is 14.0. The van der Waals surface area contributed by atoms with Crippen LogP contribution in [0.25, 0.3) is 4.91 Å². The van der Waals surface area contributed by atoms with Crippen LogP contribution in [-0.2, 0) is 22.4 Å². The summed E-state index contributed by atoms with van der Waals surface area (Å²) >= 11 is 1.87. The number of carbonyl (C=O) groups is 2. The van der Waals surface area contributed by atoms with Gasteiger partial charge in [-0.25, -0.2) is 0 Å². The molecule has 2 amide bonds. The number of fused-ring (bicyclic) bond motifs is 1. The number of anilines is 1. The topological polar surface area (TPSA) is 64.7 Å². The molecule has 0 radical (unpaired) electrons. The Kier molecular flexibility index (Phi) is 10.5. The van der Waals surface area contributed by atoms with Gasteiger partial charge in [-0.3, -0.25) is 9.59 Å². The molecular weight excluding hydrogens is 504 g/mol. The molecule has 4 rings (SSSR count).